The van der Waals surface area contributed by atoms with Crippen molar-refractivity contribution in [2.45, 2.75) is 25.9 Å². The molecule has 0 radical (unpaired) electrons. The number of carboxylic acids is 1. The molecular weight excluding hydrogens is 273 g/mol. The molecule has 0 aliphatic carbocycles. The highest BCUT2D eigenvalue weighted by Crippen LogP contribution is 2.35. The molecule has 0 aromatic carbocycles. The van der Waals surface area contributed by atoms with Gasteiger partial charge in [0.05, 0.1) is 5.92 Å². The molecule has 1 aliphatic heterocycles. The van der Waals surface area contributed by atoms with Crippen molar-refractivity contribution in [1.29, 1.82) is 0 Å². The normalized spacial score (nSPS) is 17.3. The van der Waals surface area contributed by atoms with Crippen LogP contribution >= 0.6 is 0 Å². The minimum atomic E-state index is -4.18. The van der Waals surface area contributed by atoms with Gasteiger partial charge in [0, 0.05) is 19.3 Å². The van der Waals surface area contributed by atoms with Gasteiger partial charge in [-0.25, -0.2) is 9.78 Å². The molecule has 0 saturated carbocycles. The first-order chi connectivity index (χ1) is 9.30. The number of hydrogen-bond acceptors (Lipinski definition) is 3. The molecule has 4 nitrogen and oxygen atoms in total. The Kier molecular flexibility index (Phi) is 3.87. The van der Waals surface area contributed by atoms with Gasteiger partial charge in [-0.1, -0.05) is 0 Å². The van der Waals surface area contributed by atoms with E-state index in [4.69, 9.17) is 0 Å². The van der Waals surface area contributed by atoms with Crippen LogP contribution in [0.1, 0.15) is 28.8 Å². The van der Waals surface area contributed by atoms with Crippen LogP contribution in [0.25, 0.3) is 0 Å². The zero-order chi connectivity index (χ0) is 14.9. The topological polar surface area (TPSA) is 53.4 Å². The number of aromatic carboxylic acids is 1. The van der Waals surface area contributed by atoms with Crippen LogP contribution in [0, 0.1) is 12.8 Å². The van der Waals surface area contributed by atoms with Gasteiger partial charge < -0.3 is 10.0 Å². The highest BCUT2D eigenvalue weighted by molar-refractivity contribution is 5.95. The summed E-state index contributed by atoms with van der Waals surface area (Å²) in [7, 11) is 0. The molecule has 110 valence electrons. The number of piperidine rings is 1. The van der Waals surface area contributed by atoms with Crippen molar-refractivity contribution in [3.8, 4) is 0 Å². The number of aromatic nitrogens is 1. The van der Waals surface area contributed by atoms with Crippen molar-refractivity contribution in [2.75, 3.05) is 18.0 Å². The van der Waals surface area contributed by atoms with Crippen molar-refractivity contribution in [1.82, 2.24) is 4.98 Å². The van der Waals surface area contributed by atoms with E-state index < -0.39 is 18.1 Å². The van der Waals surface area contributed by atoms with Crippen LogP contribution in [-0.4, -0.2) is 35.3 Å². The van der Waals surface area contributed by atoms with Gasteiger partial charge in [-0.15, -0.1) is 0 Å². The van der Waals surface area contributed by atoms with Gasteiger partial charge in [-0.05, 0) is 31.4 Å². The summed E-state index contributed by atoms with van der Waals surface area (Å²) in [6, 6.07) is 1.58. The summed E-state index contributed by atoms with van der Waals surface area (Å²) in [5.41, 5.74) is 0.624. The predicted molar refractivity (Wildman–Crippen MR) is 66.9 cm³/mol. The Labute approximate surface area is 114 Å². The van der Waals surface area contributed by atoms with Gasteiger partial charge in [0.1, 0.15) is 11.4 Å². The molecule has 1 aliphatic rings. The lowest BCUT2D eigenvalue weighted by molar-refractivity contribution is -0.179. The minimum absolute atomic E-state index is 0.0296. The quantitative estimate of drug-likeness (QED) is 0.909. The first-order valence-electron chi connectivity index (χ1n) is 6.31. The minimum Gasteiger partial charge on any atom is -0.478 e. The molecule has 0 bridgehead atoms. The summed E-state index contributed by atoms with van der Waals surface area (Å²) in [4.78, 5) is 16.9. The lowest BCUT2D eigenvalue weighted by Crippen LogP contribution is -2.40. The maximum Gasteiger partial charge on any atom is 0.391 e. The van der Waals surface area contributed by atoms with Crippen molar-refractivity contribution < 1.29 is 23.1 Å². The van der Waals surface area contributed by atoms with Gasteiger partial charge in [0.25, 0.3) is 0 Å². The van der Waals surface area contributed by atoms with Crippen molar-refractivity contribution in [2.24, 2.45) is 5.92 Å². The molecule has 20 heavy (non-hydrogen) atoms. The van der Waals surface area contributed by atoms with E-state index in [9.17, 15) is 23.1 Å². The van der Waals surface area contributed by atoms with Crippen LogP contribution in [0.2, 0.25) is 0 Å². The van der Waals surface area contributed by atoms with E-state index in [0.29, 0.717) is 5.56 Å². The van der Waals surface area contributed by atoms with Gasteiger partial charge in [0.15, 0.2) is 0 Å². The molecule has 0 unspecified atom stereocenters. The Morgan fingerprint density at radius 1 is 1.40 bits per heavy atom. The highest BCUT2D eigenvalue weighted by atomic mass is 19.4. The number of carboxylic acid groups (broad SMARTS) is 1. The Hall–Kier alpha value is -1.79. The SMILES string of the molecule is Cc1ccnc(N2CCC(C(F)(F)F)CC2)c1C(=O)O. The molecule has 0 atom stereocenters. The molecule has 1 N–H and O–H groups in total. The standard InChI is InChI=1S/C13H15F3N2O2/c1-8-2-5-17-11(10(8)12(19)20)18-6-3-9(4-7-18)13(14,15)16/h2,5,9H,3-4,6-7H2,1H3,(H,19,20). The number of hydrogen-bond donors (Lipinski definition) is 1. The summed E-state index contributed by atoms with van der Waals surface area (Å²) in [6.07, 6.45) is -2.76. The number of halogens is 3. The molecule has 0 amide bonds. The summed E-state index contributed by atoms with van der Waals surface area (Å²) < 4.78 is 37.8. The Balaban J connectivity index is 2.19. The fourth-order valence-electron chi connectivity index (χ4n) is 2.47. The van der Waals surface area contributed by atoms with E-state index in [2.05, 4.69) is 4.98 Å². The second-order valence-electron chi connectivity index (χ2n) is 4.93. The lowest BCUT2D eigenvalue weighted by atomic mass is 9.96. The average Bonchev–Trinajstić information content (AvgIpc) is 2.37. The molecule has 2 heterocycles. The van der Waals surface area contributed by atoms with Crippen molar-refractivity contribution in [3.05, 3.63) is 23.4 Å². The maximum atomic E-state index is 12.6. The van der Waals surface area contributed by atoms with Crippen molar-refractivity contribution in [3.63, 3.8) is 0 Å². The van der Waals surface area contributed by atoms with Gasteiger partial charge in [0.2, 0.25) is 0 Å². The molecule has 7 heteroatoms. The lowest BCUT2D eigenvalue weighted by Gasteiger charge is -2.34. The molecule has 1 saturated heterocycles. The average molecular weight is 288 g/mol. The second kappa shape index (κ2) is 5.30. The molecular formula is C13H15F3N2O2. The van der Waals surface area contributed by atoms with Gasteiger partial charge >= 0.3 is 12.1 Å². The number of alkyl halides is 3. The van der Waals surface area contributed by atoms with Crippen LogP contribution in [0.3, 0.4) is 0 Å². The summed E-state index contributed by atoms with van der Waals surface area (Å²) >= 11 is 0. The smallest absolute Gasteiger partial charge is 0.391 e. The first kappa shape index (κ1) is 14.6. The van der Waals surface area contributed by atoms with Gasteiger partial charge in [-0.3, -0.25) is 0 Å². The first-order valence-corrected chi connectivity index (χ1v) is 6.31. The third kappa shape index (κ3) is 2.86. The van der Waals surface area contributed by atoms with Crippen LogP contribution in [0.15, 0.2) is 12.3 Å². The predicted octanol–water partition coefficient (Wildman–Crippen LogP) is 2.87. The monoisotopic (exact) mass is 288 g/mol. The molecule has 0 spiro atoms. The third-order valence-corrected chi connectivity index (χ3v) is 3.61. The summed E-state index contributed by atoms with van der Waals surface area (Å²) in [5, 5.41) is 9.21. The number of anilines is 1. The van der Waals surface area contributed by atoms with E-state index in [0.717, 1.165) is 0 Å². The van der Waals surface area contributed by atoms with E-state index in [1.807, 2.05) is 0 Å². The molecule has 1 fully saturated rings. The molecule has 1 aromatic heterocycles. The Morgan fingerprint density at radius 2 is 2.00 bits per heavy atom. The number of carbonyl (C=O) groups is 1. The largest absolute Gasteiger partial charge is 0.478 e. The molecule has 2 rings (SSSR count). The Bertz CT molecular complexity index is 509. The van der Waals surface area contributed by atoms with Crippen LogP contribution in [0.4, 0.5) is 19.0 Å². The zero-order valence-electron chi connectivity index (χ0n) is 10.9. The fraction of sp³-hybridized carbons (Fsp3) is 0.538. The van der Waals surface area contributed by atoms with E-state index in [-0.39, 0.29) is 37.3 Å². The van der Waals surface area contributed by atoms with Crippen LogP contribution < -0.4 is 4.90 Å². The van der Waals surface area contributed by atoms with E-state index in [1.54, 1.807) is 17.9 Å². The number of aryl methyl sites for hydroxylation is 1. The number of pyridine rings is 1. The van der Waals surface area contributed by atoms with Gasteiger partial charge in [-0.2, -0.15) is 13.2 Å². The zero-order valence-corrected chi connectivity index (χ0v) is 10.9. The Morgan fingerprint density at radius 3 is 2.50 bits per heavy atom. The fourth-order valence-corrected chi connectivity index (χ4v) is 2.47. The van der Waals surface area contributed by atoms with E-state index in [1.165, 1.54) is 6.20 Å². The summed E-state index contributed by atoms with van der Waals surface area (Å²) in [6.45, 7) is 1.99. The number of nitrogens with zero attached hydrogens (tertiary/aromatic N) is 2. The highest BCUT2D eigenvalue weighted by Gasteiger charge is 2.41. The van der Waals surface area contributed by atoms with Crippen LogP contribution in [-0.2, 0) is 0 Å². The third-order valence-electron chi connectivity index (χ3n) is 3.61. The number of rotatable bonds is 2. The van der Waals surface area contributed by atoms with Crippen molar-refractivity contribution >= 4 is 11.8 Å². The second-order valence-corrected chi connectivity index (χ2v) is 4.93. The maximum absolute atomic E-state index is 12.6. The summed E-state index contributed by atoms with van der Waals surface area (Å²) in [5.74, 6) is -2.15. The van der Waals surface area contributed by atoms with Crippen LogP contribution in [0.5, 0.6) is 0 Å². The molecule has 1 aromatic rings. The van der Waals surface area contributed by atoms with E-state index >= 15 is 0 Å².